The fourth-order valence-corrected chi connectivity index (χ4v) is 2.66. The van der Waals surface area contributed by atoms with Crippen LogP contribution >= 0.6 is 0 Å². The fourth-order valence-electron chi connectivity index (χ4n) is 2.66. The highest BCUT2D eigenvalue weighted by Gasteiger charge is 2.07. The van der Waals surface area contributed by atoms with E-state index in [1.807, 2.05) is 42.5 Å². The van der Waals surface area contributed by atoms with Crippen LogP contribution in [0.4, 0.5) is 20.6 Å². The summed E-state index contributed by atoms with van der Waals surface area (Å²) in [6.45, 7) is 0. The van der Waals surface area contributed by atoms with Crippen LogP contribution in [0.3, 0.4) is 0 Å². The van der Waals surface area contributed by atoms with Crippen LogP contribution in [-0.2, 0) is 0 Å². The highest BCUT2D eigenvalue weighted by atomic mass is 19.1. The van der Waals surface area contributed by atoms with Gasteiger partial charge in [-0.3, -0.25) is 0 Å². The topological polar surface area (TPSA) is 69.8 Å². The van der Waals surface area contributed by atoms with Gasteiger partial charge in [0.15, 0.2) is 0 Å². The third-order valence-corrected chi connectivity index (χ3v) is 3.89. The number of hydrogen-bond donors (Lipinski definition) is 3. The smallest absolute Gasteiger partial charge is 0.323 e. The van der Waals surface area contributed by atoms with Crippen LogP contribution in [0.1, 0.15) is 0 Å². The second kappa shape index (κ2) is 6.68. The predicted molar refractivity (Wildman–Crippen MR) is 101 cm³/mol. The number of nitrogens with zero attached hydrogens (tertiary/aromatic N) is 1. The summed E-state index contributed by atoms with van der Waals surface area (Å²) < 4.78 is 12.9. The number of urea groups is 1. The van der Waals surface area contributed by atoms with Gasteiger partial charge in [0.1, 0.15) is 11.6 Å². The Kier molecular flexibility index (Phi) is 4.07. The van der Waals surface area contributed by atoms with E-state index in [9.17, 15) is 9.18 Å². The molecule has 0 spiro atoms. The molecule has 3 aromatic carbocycles. The first kappa shape index (κ1) is 15.8. The predicted octanol–water partition coefficient (Wildman–Crippen LogP) is 5.01. The summed E-state index contributed by atoms with van der Waals surface area (Å²) in [7, 11) is 0. The molecule has 0 fully saturated rings. The number of carbonyl (C=O) groups excluding carboxylic acids is 1. The Morgan fingerprint density at radius 1 is 0.885 bits per heavy atom. The summed E-state index contributed by atoms with van der Waals surface area (Å²) in [4.78, 5) is 19.9. The summed E-state index contributed by atoms with van der Waals surface area (Å²) in [5, 5.41) is 5.42. The summed E-state index contributed by atoms with van der Waals surface area (Å²) in [6.07, 6.45) is 0. The number of nitrogens with one attached hydrogen (secondary N) is 3. The number of fused-ring (bicyclic) bond motifs is 1. The van der Waals surface area contributed by atoms with Crippen molar-refractivity contribution in [2.75, 3.05) is 10.6 Å². The maximum Gasteiger partial charge on any atom is 0.323 e. The number of halogens is 1. The van der Waals surface area contributed by atoms with E-state index in [1.165, 1.54) is 24.3 Å². The average molecular weight is 346 g/mol. The van der Waals surface area contributed by atoms with Crippen molar-refractivity contribution in [3.8, 4) is 11.4 Å². The van der Waals surface area contributed by atoms with Crippen LogP contribution in [0.15, 0.2) is 72.8 Å². The molecular weight excluding hydrogens is 331 g/mol. The number of aromatic nitrogens is 2. The molecule has 3 N–H and O–H groups in total. The number of imidazole rings is 1. The first-order valence-corrected chi connectivity index (χ1v) is 8.06. The molecule has 0 aliphatic heterocycles. The molecule has 128 valence electrons. The Labute approximate surface area is 148 Å². The van der Waals surface area contributed by atoms with Gasteiger partial charge in [-0.05, 0) is 48.5 Å². The lowest BCUT2D eigenvalue weighted by molar-refractivity contribution is 0.262. The van der Waals surface area contributed by atoms with Crippen LogP contribution in [0.5, 0.6) is 0 Å². The van der Waals surface area contributed by atoms with Gasteiger partial charge in [0.2, 0.25) is 0 Å². The van der Waals surface area contributed by atoms with Gasteiger partial charge >= 0.3 is 6.03 Å². The van der Waals surface area contributed by atoms with E-state index in [1.54, 1.807) is 6.07 Å². The van der Waals surface area contributed by atoms with E-state index < -0.39 is 6.03 Å². The highest BCUT2D eigenvalue weighted by molar-refractivity contribution is 6.00. The number of anilines is 2. The summed E-state index contributed by atoms with van der Waals surface area (Å²) in [6, 6.07) is 20.3. The van der Waals surface area contributed by atoms with E-state index >= 15 is 0 Å². The lowest BCUT2D eigenvalue weighted by atomic mass is 10.2. The number of para-hydroxylation sites is 2. The van der Waals surface area contributed by atoms with Crippen LogP contribution in [0.2, 0.25) is 0 Å². The summed E-state index contributed by atoms with van der Waals surface area (Å²) in [5.74, 6) is 0.378. The number of carbonyl (C=O) groups is 1. The van der Waals surface area contributed by atoms with E-state index in [-0.39, 0.29) is 5.82 Å². The minimum absolute atomic E-state index is 0.352. The van der Waals surface area contributed by atoms with Gasteiger partial charge in [0.05, 0.1) is 11.0 Å². The van der Waals surface area contributed by atoms with Gasteiger partial charge in [-0.15, -0.1) is 0 Å². The number of hydrogen-bond acceptors (Lipinski definition) is 2. The number of aromatic amines is 1. The van der Waals surface area contributed by atoms with Crippen molar-refractivity contribution >= 4 is 28.4 Å². The normalized spacial score (nSPS) is 10.7. The van der Waals surface area contributed by atoms with Crippen molar-refractivity contribution in [2.45, 2.75) is 0 Å². The lowest BCUT2D eigenvalue weighted by Gasteiger charge is -2.08. The molecule has 2 amide bonds. The van der Waals surface area contributed by atoms with Crippen LogP contribution in [0.25, 0.3) is 22.4 Å². The monoisotopic (exact) mass is 346 g/mol. The number of H-pyrrole nitrogens is 1. The first-order chi connectivity index (χ1) is 12.7. The molecule has 0 unspecified atom stereocenters. The average Bonchev–Trinajstić information content (AvgIpc) is 3.08. The Morgan fingerprint density at radius 2 is 1.65 bits per heavy atom. The molecule has 0 aliphatic carbocycles. The van der Waals surface area contributed by atoms with Crippen molar-refractivity contribution in [1.29, 1.82) is 0 Å². The van der Waals surface area contributed by atoms with Crippen molar-refractivity contribution < 1.29 is 9.18 Å². The maximum atomic E-state index is 12.9. The Hall–Kier alpha value is -3.67. The summed E-state index contributed by atoms with van der Waals surface area (Å²) >= 11 is 0. The Balaban J connectivity index is 1.51. The summed E-state index contributed by atoms with van der Waals surface area (Å²) in [5.41, 5.74) is 3.84. The van der Waals surface area contributed by atoms with E-state index in [0.29, 0.717) is 11.4 Å². The Bertz CT molecular complexity index is 1040. The largest absolute Gasteiger partial charge is 0.338 e. The molecule has 4 rings (SSSR count). The number of benzene rings is 3. The van der Waals surface area contributed by atoms with Crippen molar-refractivity contribution in [2.24, 2.45) is 0 Å². The molecule has 0 saturated carbocycles. The van der Waals surface area contributed by atoms with Crippen LogP contribution in [-0.4, -0.2) is 16.0 Å². The van der Waals surface area contributed by atoms with Gasteiger partial charge in [-0.2, -0.15) is 0 Å². The minimum atomic E-state index is -0.404. The lowest BCUT2D eigenvalue weighted by Crippen LogP contribution is -2.19. The van der Waals surface area contributed by atoms with Crippen molar-refractivity contribution in [3.05, 3.63) is 78.6 Å². The molecule has 0 bridgehead atoms. The third-order valence-electron chi connectivity index (χ3n) is 3.89. The standard InChI is InChI=1S/C20H15FN4O/c21-14-8-10-15(11-9-14)22-20(26)23-16-5-3-4-13(12-16)19-24-17-6-1-2-7-18(17)25-19/h1-12H,(H,24,25)(H2,22,23,26). The van der Waals surface area contributed by atoms with E-state index in [4.69, 9.17) is 0 Å². The van der Waals surface area contributed by atoms with E-state index in [0.717, 1.165) is 22.4 Å². The minimum Gasteiger partial charge on any atom is -0.338 e. The van der Waals surface area contributed by atoms with Gasteiger partial charge < -0.3 is 15.6 Å². The molecule has 0 radical (unpaired) electrons. The third kappa shape index (κ3) is 3.39. The van der Waals surface area contributed by atoms with Crippen LogP contribution < -0.4 is 10.6 Å². The van der Waals surface area contributed by atoms with Gasteiger partial charge in [-0.1, -0.05) is 24.3 Å². The maximum absolute atomic E-state index is 12.9. The SMILES string of the molecule is O=C(Nc1ccc(F)cc1)Nc1cccc(-c2nc3ccccc3[nH]2)c1. The molecule has 5 nitrogen and oxygen atoms in total. The second-order valence-electron chi connectivity index (χ2n) is 5.77. The van der Waals surface area contributed by atoms with Gasteiger partial charge in [0, 0.05) is 16.9 Å². The molecule has 26 heavy (non-hydrogen) atoms. The molecule has 1 heterocycles. The van der Waals surface area contributed by atoms with Gasteiger partial charge in [0.25, 0.3) is 0 Å². The van der Waals surface area contributed by atoms with Crippen LogP contribution in [0, 0.1) is 5.82 Å². The molecule has 4 aromatic rings. The molecule has 1 aromatic heterocycles. The van der Waals surface area contributed by atoms with Crippen molar-refractivity contribution in [1.82, 2.24) is 9.97 Å². The highest BCUT2D eigenvalue weighted by Crippen LogP contribution is 2.23. The zero-order valence-electron chi connectivity index (χ0n) is 13.7. The number of amides is 2. The molecule has 0 atom stereocenters. The van der Waals surface area contributed by atoms with Crippen molar-refractivity contribution in [3.63, 3.8) is 0 Å². The van der Waals surface area contributed by atoms with E-state index in [2.05, 4.69) is 20.6 Å². The zero-order chi connectivity index (χ0) is 17.9. The van der Waals surface area contributed by atoms with Gasteiger partial charge in [-0.25, -0.2) is 14.2 Å². The fraction of sp³-hybridized carbons (Fsp3) is 0. The molecular formula is C20H15FN4O. The number of rotatable bonds is 3. The zero-order valence-corrected chi connectivity index (χ0v) is 13.7. The molecule has 0 aliphatic rings. The quantitative estimate of drug-likeness (QED) is 0.488. The Morgan fingerprint density at radius 3 is 2.46 bits per heavy atom. The second-order valence-corrected chi connectivity index (χ2v) is 5.77. The first-order valence-electron chi connectivity index (χ1n) is 8.06. The molecule has 0 saturated heterocycles. The molecule has 6 heteroatoms.